The van der Waals surface area contributed by atoms with Crippen LogP contribution >= 0.6 is 23.2 Å². The first-order chi connectivity index (χ1) is 14.7. The predicted octanol–water partition coefficient (Wildman–Crippen LogP) is 2.68. The molecule has 10 heteroatoms. The molecule has 3 rings (SSSR count). The maximum atomic E-state index is 12.8. The van der Waals surface area contributed by atoms with E-state index in [4.69, 9.17) is 23.2 Å². The second kappa shape index (κ2) is 10.1. The summed E-state index contributed by atoms with van der Waals surface area (Å²) in [5.74, 6) is -0.00633. The Labute approximate surface area is 192 Å². The van der Waals surface area contributed by atoms with Crippen LogP contribution in [0.5, 0.6) is 0 Å². The standard InChI is InChI=1S/C21H28Cl2N4O4/c1-13-9-16(28)12-26(11-13)19(29)5-6-25-7-8-27(14(2)20(25)30)21(31)24-15-3-4-17(22)18(23)10-15/h3-4,10,13-14,16,28H,5-9,11-12H2,1-2H3,(H,24,31). The zero-order chi connectivity index (χ0) is 22.7. The molecule has 2 fully saturated rings. The van der Waals surface area contributed by atoms with Crippen molar-refractivity contribution < 1.29 is 19.5 Å². The quantitative estimate of drug-likeness (QED) is 0.707. The van der Waals surface area contributed by atoms with E-state index in [-0.39, 0.29) is 24.2 Å². The third-order valence-corrected chi connectivity index (χ3v) is 6.50. The molecule has 8 nitrogen and oxygen atoms in total. The minimum Gasteiger partial charge on any atom is -0.391 e. The lowest BCUT2D eigenvalue weighted by molar-refractivity contribution is -0.141. The molecule has 2 saturated heterocycles. The van der Waals surface area contributed by atoms with Gasteiger partial charge in [-0.3, -0.25) is 9.59 Å². The zero-order valence-electron chi connectivity index (χ0n) is 17.7. The van der Waals surface area contributed by atoms with Crippen LogP contribution in [0.25, 0.3) is 0 Å². The van der Waals surface area contributed by atoms with Crippen LogP contribution in [-0.4, -0.2) is 82.5 Å². The summed E-state index contributed by atoms with van der Waals surface area (Å²) in [6.07, 6.45) is 0.409. The number of likely N-dealkylation sites (tertiary alicyclic amines) is 1. The Morgan fingerprint density at radius 3 is 2.58 bits per heavy atom. The molecule has 0 bridgehead atoms. The van der Waals surface area contributed by atoms with Crippen LogP contribution in [0.15, 0.2) is 18.2 Å². The number of amides is 4. The highest BCUT2D eigenvalue weighted by Gasteiger charge is 2.35. The maximum absolute atomic E-state index is 12.8. The molecule has 3 atom stereocenters. The molecule has 1 aromatic carbocycles. The Hall–Kier alpha value is -2.03. The third kappa shape index (κ3) is 5.81. The van der Waals surface area contributed by atoms with Gasteiger partial charge in [0.2, 0.25) is 11.8 Å². The van der Waals surface area contributed by atoms with Crippen LogP contribution in [0, 0.1) is 5.92 Å². The molecule has 0 aliphatic carbocycles. The van der Waals surface area contributed by atoms with Gasteiger partial charge in [0.1, 0.15) is 6.04 Å². The summed E-state index contributed by atoms with van der Waals surface area (Å²) in [7, 11) is 0. The largest absolute Gasteiger partial charge is 0.391 e. The number of hydrogen-bond acceptors (Lipinski definition) is 4. The van der Waals surface area contributed by atoms with Crippen LogP contribution in [0.3, 0.4) is 0 Å². The summed E-state index contributed by atoms with van der Waals surface area (Å²) in [5, 5.41) is 13.3. The van der Waals surface area contributed by atoms with Gasteiger partial charge in [0, 0.05) is 44.8 Å². The van der Waals surface area contributed by atoms with Crippen molar-refractivity contribution >= 4 is 46.7 Å². The zero-order valence-corrected chi connectivity index (χ0v) is 19.2. The normalized spacial score (nSPS) is 24.4. The van der Waals surface area contributed by atoms with Crippen LogP contribution in [0.1, 0.15) is 26.7 Å². The van der Waals surface area contributed by atoms with E-state index in [0.717, 1.165) is 0 Å². The number of aliphatic hydroxyl groups is 1. The number of carbonyl (C=O) groups is 3. The highest BCUT2D eigenvalue weighted by atomic mass is 35.5. The van der Waals surface area contributed by atoms with Crippen molar-refractivity contribution in [1.29, 1.82) is 0 Å². The number of aliphatic hydroxyl groups excluding tert-OH is 1. The van der Waals surface area contributed by atoms with Gasteiger partial charge in [-0.05, 0) is 37.5 Å². The van der Waals surface area contributed by atoms with E-state index in [9.17, 15) is 19.5 Å². The fourth-order valence-corrected chi connectivity index (χ4v) is 4.41. The van der Waals surface area contributed by atoms with E-state index >= 15 is 0 Å². The molecule has 2 aliphatic heterocycles. The van der Waals surface area contributed by atoms with Gasteiger partial charge in [0.05, 0.1) is 16.1 Å². The van der Waals surface area contributed by atoms with Crippen LogP contribution in [0.2, 0.25) is 10.0 Å². The van der Waals surface area contributed by atoms with Crippen molar-refractivity contribution in [3.63, 3.8) is 0 Å². The molecular formula is C21H28Cl2N4O4. The maximum Gasteiger partial charge on any atom is 0.322 e. The number of nitrogens with zero attached hydrogens (tertiary/aromatic N) is 3. The number of piperazine rings is 1. The number of halogens is 2. The van der Waals surface area contributed by atoms with E-state index in [1.807, 2.05) is 6.92 Å². The minimum atomic E-state index is -0.650. The molecule has 0 radical (unpaired) electrons. The summed E-state index contributed by atoms with van der Waals surface area (Å²) < 4.78 is 0. The number of rotatable bonds is 4. The van der Waals surface area contributed by atoms with Gasteiger partial charge >= 0.3 is 6.03 Å². The molecule has 170 valence electrons. The second-order valence-electron chi connectivity index (χ2n) is 8.30. The predicted molar refractivity (Wildman–Crippen MR) is 119 cm³/mol. The molecule has 3 unspecified atom stereocenters. The van der Waals surface area contributed by atoms with Crippen LogP contribution in [-0.2, 0) is 9.59 Å². The Morgan fingerprint density at radius 2 is 1.90 bits per heavy atom. The SMILES string of the molecule is CC1CC(O)CN(C(=O)CCN2CCN(C(=O)Nc3ccc(Cl)c(Cl)c3)C(C)C2=O)C1. The van der Waals surface area contributed by atoms with E-state index < -0.39 is 18.2 Å². The number of nitrogens with one attached hydrogen (secondary N) is 1. The lowest BCUT2D eigenvalue weighted by atomic mass is 9.98. The third-order valence-electron chi connectivity index (χ3n) is 5.77. The summed E-state index contributed by atoms with van der Waals surface area (Å²) in [6, 6.07) is 3.73. The molecule has 0 saturated carbocycles. The Morgan fingerprint density at radius 1 is 1.16 bits per heavy atom. The van der Waals surface area contributed by atoms with E-state index in [2.05, 4.69) is 5.32 Å². The van der Waals surface area contributed by atoms with Crippen molar-refractivity contribution in [3.8, 4) is 0 Å². The summed E-state index contributed by atoms with van der Waals surface area (Å²) in [6.45, 7) is 5.66. The van der Waals surface area contributed by atoms with E-state index in [0.29, 0.717) is 54.9 Å². The van der Waals surface area contributed by atoms with Gasteiger partial charge < -0.3 is 25.1 Å². The van der Waals surface area contributed by atoms with Crippen molar-refractivity contribution in [3.05, 3.63) is 28.2 Å². The van der Waals surface area contributed by atoms with Gasteiger partial charge in [0.15, 0.2) is 0 Å². The number of carbonyl (C=O) groups excluding carboxylic acids is 3. The van der Waals surface area contributed by atoms with Gasteiger partial charge in [-0.25, -0.2) is 4.79 Å². The average molecular weight is 471 g/mol. The van der Waals surface area contributed by atoms with Crippen molar-refractivity contribution in [2.24, 2.45) is 5.92 Å². The molecule has 2 heterocycles. The second-order valence-corrected chi connectivity index (χ2v) is 9.11. The summed E-state index contributed by atoms with van der Waals surface area (Å²) in [5.41, 5.74) is 0.491. The number of benzene rings is 1. The fourth-order valence-electron chi connectivity index (χ4n) is 4.11. The molecule has 0 aromatic heterocycles. The van der Waals surface area contributed by atoms with Gasteiger partial charge in [-0.2, -0.15) is 0 Å². The van der Waals surface area contributed by atoms with Crippen molar-refractivity contribution in [1.82, 2.24) is 14.7 Å². The fraction of sp³-hybridized carbons (Fsp3) is 0.571. The molecule has 1 aromatic rings. The highest BCUT2D eigenvalue weighted by molar-refractivity contribution is 6.42. The molecule has 31 heavy (non-hydrogen) atoms. The average Bonchev–Trinajstić information content (AvgIpc) is 2.70. The highest BCUT2D eigenvalue weighted by Crippen LogP contribution is 2.25. The summed E-state index contributed by atoms with van der Waals surface area (Å²) in [4.78, 5) is 42.7. The molecule has 2 aliphatic rings. The smallest absolute Gasteiger partial charge is 0.322 e. The van der Waals surface area contributed by atoms with Gasteiger partial charge in [0.25, 0.3) is 0 Å². The Kier molecular flexibility index (Phi) is 7.67. The van der Waals surface area contributed by atoms with Crippen LogP contribution in [0.4, 0.5) is 10.5 Å². The first-order valence-corrected chi connectivity index (χ1v) is 11.2. The molecule has 2 N–H and O–H groups in total. The van der Waals surface area contributed by atoms with Gasteiger partial charge in [-0.15, -0.1) is 0 Å². The molecular weight excluding hydrogens is 443 g/mol. The van der Waals surface area contributed by atoms with Crippen molar-refractivity contribution in [2.45, 2.75) is 38.8 Å². The lowest BCUT2D eigenvalue weighted by Gasteiger charge is -2.39. The first-order valence-electron chi connectivity index (χ1n) is 10.4. The number of urea groups is 1. The molecule has 0 spiro atoms. The summed E-state index contributed by atoms with van der Waals surface area (Å²) >= 11 is 11.9. The Bertz CT molecular complexity index is 843. The van der Waals surface area contributed by atoms with E-state index in [1.54, 1.807) is 34.9 Å². The first kappa shape index (κ1) is 23.6. The number of anilines is 1. The number of piperidine rings is 1. The number of β-amino-alcohol motifs (C(OH)–C–C–N with tert-alkyl or cyclic N) is 1. The lowest BCUT2D eigenvalue weighted by Crippen LogP contribution is -2.58. The van der Waals surface area contributed by atoms with E-state index in [1.165, 1.54) is 4.90 Å². The minimum absolute atomic E-state index is 0.0640. The van der Waals surface area contributed by atoms with Crippen molar-refractivity contribution in [2.75, 3.05) is 38.0 Å². The number of hydrogen-bond donors (Lipinski definition) is 2. The monoisotopic (exact) mass is 470 g/mol. The molecule has 4 amide bonds. The Balaban J connectivity index is 1.52. The van der Waals surface area contributed by atoms with Gasteiger partial charge in [-0.1, -0.05) is 30.1 Å². The topological polar surface area (TPSA) is 93.2 Å². The van der Waals surface area contributed by atoms with Crippen LogP contribution < -0.4 is 5.32 Å².